The molecule has 3 nitrogen and oxygen atoms in total. The van der Waals surface area contributed by atoms with Gasteiger partial charge in [-0.1, -0.05) is 19.1 Å². The Bertz CT molecular complexity index is 285. The van der Waals surface area contributed by atoms with Gasteiger partial charge in [0.25, 0.3) is 0 Å². The van der Waals surface area contributed by atoms with E-state index in [0.29, 0.717) is 5.82 Å². The Morgan fingerprint density at radius 1 is 1.62 bits per heavy atom. The summed E-state index contributed by atoms with van der Waals surface area (Å²) in [5.74, 6) is 0.541. The van der Waals surface area contributed by atoms with Crippen LogP contribution in [0.15, 0.2) is 40.9 Å². The lowest BCUT2D eigenvalue weighted by atomic mass is 10.3. The molecular formula is C10H15N3. The zero-order valence-corrected chi connectivity index (χ0v) is 8.07. The van der Waals surface area contributed by atoms with E-state index < -0.39 is 0 Å². The predicted octanol–water partition coefficient (Wildman–Crippen LogP) is 1.61. The van der Waals surface area contributed by atoms with Crippen molar-refractivity contribution in [1.29, 1.82) is 0 Å². The molecule has 0 amide bonds. The molecule has 1 aliphatic rings. The van der Waals surface area contributed by atoms with Crippen LogP contribution in [0.1, 0.15) is 13.3 Å². The lowest BCUT2D eigenvalue weighted by Gasteiger charge is -2.18. The number of nitrogens with zero attached hydrogens (tertiary/aromatic N) is 2. The number of allylic oxidation sites excluding steroid dienone is 4. The van der Waals surface area contributed by atoms with Crippen molar-refractivity contribution in [3.63, 3.8) is 0 Å². The number of rotatable bonds is 2. The topological polar surface area (TPSA) is 41.6 Å². The van der Waals surface area contributed by atoms with Crippen molar-refractivity contribution in [3.8, 4) is 0 Å². The Kier molecular flexibility index (Phi) is 3.31. The van der Waals surface area contributed by atoms with E-state index in [0.717, 1.165) is 12.1 Å². The van der Waals surface area contributed by atoms with Crippen LogP contribution in [0.2, 0.25) is 0 Å². The summed E-state index contributed by atoms with van der Waals surface area (Å²) in [6, 6.07) is 0. The SMILES string of the molecule is CC/C=C/C=C1/C=NC(N)=CN1C. The summed E-state index contributed by atoms with van der Waals surface area (Å²) in [5.41, 5.74) is 6.56. The van der Waals surface area contributed by atoms with Gasteiger partial charge >= 0.3 is 0 Å². The van der Waals surface area contributed by atoms with Gasteiger partial charge in [-0.25, -0.2) is 4.99 Å². The van der Waals surface area contributed by atoms with E-state index in [9.17, 15) is 0 Å². The van der Waals surface area contributed by atoms with Crippen molar-refractivity contribution in [2.45, 2.75) is 13.3 Å². The van der Waals surface area contributed by atoms with Crippen LogP contribution in [-0.4, -0.2) is 18.2 Å². The average molecular weight is 177 g/mol. The van der Waals surface area contributed by atoms with Crippen LogP contribution in [0.25, 0.3) is 0 Å². The van der Waals surface area contributed by atoms with Gasteiger partial charge < -0.3 is 10.6 Å². The first-order valence-electron chi connectivity index (χ1n) is 4.35. The lowest BCUT2D eigenvalue weighted by molar-refractivity contribution is 0.586. The first-order valence-corrected chi connectivity index (χ1v) is 4.35. The van der Waals surface area contributed by atoms with Crippen LogP contribution in [0.5, 0.6) is 0 Å². The molecule has 0 spiro atoms. The molecule has 0 fully saturated rings. The molecule has 1 aliphatic heterocycles. The highest BCUT2D eigenvalue weighted by atomic mass is 15.1. The Labute approximate surface area is 78.9 Å². The summed E-state index contributed by atoms with van der Waals surface area (Å²) >= 11 is 0. The molecule has 0 atom stereocenters. The fourth-order valence-corrected chi connectivity index (χ4v) is 1.00. The Morgan fingerprint density at radius 3 is 3.00 bits per heavy atom. The van der Waals surface area contributed by atoms with E-state index >= 15 is 0 Å². The average Bonchev–Trinajstić information content (AvgIpc) is 2.09. The smallest absolute Gasteiger partial charge is 0.139 e. The molecule has 2 N–H and O–H groups in total. The highest BCUT2D eigenvalue weighted by Crippen LogP contribution is 2.07. The maximum atomic E-state index is 5.52. The minimum absolute atomic E-state index is 0.541. The normalized spacial score (nSPS) is 20.0. The highest BCUT2D eigenvalue weighted by molar-refractivity contribution is 5.80. The number of hydrogen-bond donors (Lipinski definition) is 1. The minimum Gasteiger partial charge on any atom is -0.382 e. The summed E-state index contributed by atoms with van der Waals surface area (Å²) in [4.78, 5) is 5.96. The zero-order valence-electron chi connectivity index (χ0n) is 8.07. The van der Waals surface area contributed by atoms with Gasteiger partial charge in [0.1, 0.15) is 5.82 Å². The third-order valence-corrected chi connectivity index (χ3v) is 1.72. The fraction of sp³-hybridized carbons (Fsp3) is 0.300. The van der Waals surface area contributed by atoms with Gasteiger partial charge in [-0.05, 0) is 12.5 Å². The first-order chi connectivity index (χ1) is 6.24. The monoisotopic (exact) mass is 177 g/mol. The van der Waals surface area contributed by atoms with Crippen molar-refractivity contribution >= 4 is 6.21 Å². The molecular weight excluding hydrogens is 162 g/mol. The van der Waals surface area contributed by atoms with E-state index in [-0.39, 0.29) is 0 Å². The minimum atomic E-state index is 0.541. The second-order valence-electron chi connectivity index (χ2n) is 2.85. The molecule has 13 heavy (non-hydrogen) atoms. The summed E-state index contributed by atoms with van der Waals surface area (Å²) in [6.45, 7) is 2.10. The molecule has 0 saturated carbocycles. The van der Waals surface area contributed by atoms with Gasteiger partial charge in [-0.15, -0.1) is 0 Å². The van der Waals surface area contributed by atoms with Crippen molar-refractivity contribution in [3.05, 3.63) is 35.9 Å². The third-order valence-electron chi connectivity index (χ3n) is 1.72. The summed E-state index contributed by atoms with van der Waals surface area (Å²) < 4.78 is 0. The Morgan fingerprint density at radius 2 is 2.38 bits per heavy atom. The molecule has 0 aliphatic carbocycles. The fourth-order valence-electron chi connectivity index (χ4n) is 1.00. The van der Waals surface area contributed by atoms with Gasteiger partial charge in [0.2, 0.25) is 0 Å². The Hall–Kier alpha value is -1.51. The van der Waals surface area contributed by atoms with Crippen molar-refractivity contribution in [1.82, 2.24) is 4.90 Å². The predicted molar refractivity (Wildman–Crippen MR) is 56.0 cm³/mol. The van der Waals surface area contributed by atoms with Gasteiger partial charge in [-0.2, -0.15) is 0 Å². The van der Waals surface area contributed by atoms with Crippen LogP contribution in [0.4, 0.5) is 0 Å². The van der Waals surface area contributed by atoms with Crippen LogP contribution < -0.4 is 5.73 Å². The molecule has 0 unspecified atom stereocenters. The molecule has 0 bridgehead atoms. The van der Waals surface area contributed by atoms with E-state index in [2.05, 4.69) is 18.0 Å². The van der Waals surface area contributed by atoms with E-state index in [1.165, 1.54) is 0 Å². The summed E-state index contributed by atoms with van der Waals surface area (Å²) in [6.07, 6.45) is 10.7. The van der Waals surface area contributed by atoms with Gasteiger partial charge in [0, 0.05) is 13.2 Å². The second-order valence-corrected chi connectivity index (χ2v) is 2.85. The zero-order chi connectivity index (χ0) is 9.68. The second kappa shape index (κ2) is 4.50. The molecule has 0 aromatic rings. The molecule has 0 radical (unpaired) electrons. The lowest BCUT2D eigenvalue weighted by Crippen LogP contribution is -2.17. The molecule has 0 aromatic carbocycles. The first kappa shape index (κ1) is 9.58. The van der Waals surface area contributed by atoms with E-state index in [1.807, 2.05) is 24.1 Å². The van der Waals surface area contributed by atoms with Crippen LogP contribution in [0, 0.1) is 0 Å². The Balaban J connectivity index is 2.69. The molecule has 0 saturated heterocycles. The van der Waals surface area contributed by atoms with Gasteiger partial charge in [0.05, 0.1) is 11.9 Å². The summed E-state index contributed by atoms with van der Waals surface area (Å²) in [7, 11) is 1.95. The van der Waals surface area contributed by atoms with Crippen molar-refractivity contribution in [2.75, 3.05) is 7.05 Å². The highest BCUT2D eigenvalue weighted by Gasteiger charge is 2.03. The van der Waals surface area contributed by atoms with E-state index in [1.54, 1.807) is 12.4 Å². The molecule has 1 rings (SSSR count). The molecule has 1 heterocycles. The molecule has 3 heteroatoms. The quantitative estimate of drug-likeness (QED) is 0.696. The van der Waals surface area contributed by atoms with E-state index in [4.69, 9.17) is 5.73 Å². The summed E-state index contributed by atoms with van der Waals surface area (Å²) in [5, 5.41) is 0. The largest absolute Gasteiger partial charge is 0.382 e. The molecule has 0 aromatic heterocycles. The number of aliphatic imine (C=N–C) groups is 1. The number of nitrogens with two attached hydrogens (primary N) is 1. The van der Waals surface area contributed by atoms with Gasteiger partial charge in [-0.3, -0.25) is 0 Å². The third kappa shape index (κ3) is 2.78. The van der Waals surface area contributed by atoms with Crippen LogP contribution in [-0.2, 0) is 0 Å². The van der Waals surface area contributed by atoms with Crippen molar-refractivity contribution < 1.29 is 0 Å². The van der Waals surface area contributed by atoms with Crippen LogP contribution in [0.3, 0.4) is 0 Å². The number of hydrogen-bond acceptors (Lipinski definition) is 3. The van der Waals surface area contributed by atoms with Crippen LogP contribution >= 0.6 is 0 Å². The van der Waals surface area contributed by atoms with Crippen molar-refractivity contribution in [2.24, 2.45) is 10.7 Å². The maximum Gasteiger partial charge on any atom is 0.139 e. The standard InChI is InChI=1S/C10H15N3/c1-3-4-5-6-9-7-12-10(11)8-13(9)2/h4-8H,3,11H2,1-2H3/b5-4+,9-6-. The molecule has 70 valence electrons. The maximum absolute atomic E-state index is 5.52. The van der Waals surface area contributed by atoms with Gasteiger partial charge in [0.15, 0.2) is 0 Å².